The molecule has 1 atom stereocenters. The van der Waals surface area contributed by atoms with Crippen LogP contribution in [0.1, 0.15) is 17.2 Å². The third-order valence-electron chi connectivity index (χ3n) is 2.60. The molecule has 0 N–H and O–H groups in total. The molecule has 2 nitrogen and oxygen atoms in total. The van der Waals surface area contributed by atoms with Crippen LogP contribution in [0.4, 0.5) is 0 Å². The first-order chi connectivity index (χ1) is 7.10. The van der Waals surface area contributed by atoms with Crippen molar-refractivity contribution in [3.05, 3.63) is 29.3 Å². The average molecular weight is 225 g/mol. The van der Waals surface area contributed by atoms with E-state index < -0.39 is 0 Å². The van der Waals surface area contributed by atoms with Gasteiger partial charge in [0, 0.05) is 11.8 Å². The molecule has 1 aromatic rings. The highest BCUT2D eigenvalue weighted by molar-refractivity contribution is 7.80. The molecule has 0 amide bonds. The van der Waals surface area contributed by atoms with E-state index in [4.69, 9.17) is 4.74 Å². The first kappa shape index (κ1) is 12.4. The van der Waals surface area contributed by atoms with Crippen LogP contribution >= 0.6 is 12.6 Å². The lowest BCUT2D eigenvalue weighted by Gasteiger charge is -2.23. The van der Waals surface area contributed by atoms with E-state index in [9.17, 15) is 0 Å². The van der Waals surface area contributed by atoms with E-state index in [2.05, 4.69) is 50.7 Å². The summed E-state index contributed by atoms with van der Waals surface area (Å²) in [6, 6.07) is 6.65. The molecule has 0 radical (unpaired) electrons. The summed E-state index contributed by atoms with van der Waals surface area (Å²) in [4.78, 5) is 2.17. The summed E-state index contributed by atoms with van der Waals surface area (Å²) < 4.78 is 5.24. The first-order valence-corrected chi connectivity index (χ1v) is 5.65. The summed E-state index contributed by atoms with van der Waals surface area (Å²) in [6.07, 6.45) is 0. The summed E-state index contributed by atoms with van der Waals surface area (Å²) >= 11 is 4.38. The monoisotopic (exact) mass is 225 g/mol. The van der Waals surface area contributed by atoms with Crippen LogP contribution in [-0.4, -0.2) is 31.9 Å². The van der Waals surface area contributed by atoms with Crippen LogP contribution in [0.5, 0.6) is 5.75 Å². The third kappa shape index (κ3) is 2.89. The highest BCUT2D eigenvalue weighted by Gasteiger charge is 2.12. The highest BCUT2D eigenvalue weighted by atomic mass is 32.1. The lowest BCUT2D eigenvalue weighted by molar-refractivity contribution is 0.326. The van der Waals surface area contributed by atoms with Crippen LogP contribution < -0.4 is 4.74 Å². The quantitative estimate of drug-likeness (QED) is 0.791. The van der Waals surface area contributed by atoms with Gasteiger partial charge in [0.05, 0.1) is 7.11 Å². The minimum atomic E-state index is 0.359. The Hall–Kier alpha value is -0.670. The summed E-state index contributed by atoms with van der Waals surface area (Å²) in [6.45, 7) is 2.06. The number of ether oxygens (including phenoxy) is 1. The Kier molecular flexibility index (Phi) is 4.48. The molecule has 1 rings (SSSR count). The van der Waals surface area contributed by atoms with E-state index in [1.165, 1.54) is 11.1 Å². The second kappa shape index (κ2) is 5.42. The number of hydrogen-bond donors (Lipinski definition) is 1. The van der Waals surface area contributed by atoms with Gasteiger partial charge in [-0.05, 0) is 38.2 Å². The number of rotatable bonds is 4. The molecule has 0 spiro atoms. The molecule has 15 heavy (non-hydrogen) atoms. The van der Waals surface area contributed by atoms with E-state index in [-0.39, 0.29) is 0 Å². The first-order valence-electron chi connectivity index (χ1n) is 5.02. The number of aryl methyl sites for hydroxylation is 1. The van der Waals surface area contributed by atoms with Gasteiger partial charge in [0.25, 0.3) is 0 Å². The third-order valence-corrected chi connectivity index (χ3v) is 2.95. The van der Waals surface area contributed by atoms with Gasteiger partial charge in [0.1, 0.15) is 5.75 Å². The molecule has 0 aromatic heterocycles. The molecule has 0 saturated heterocycles. The maximum absolute atomic E-state index is 5.24. The second-order valence-corrected chi connectivity index (χ2v) is 4.26. The van der Waals surface area contributed by atoms with Crippen molar-refractivity contribution in [1.29, 1.82) is 0 Å². The van der Waals surface area contributed by atoms with Crippen molar-refractivity contribution >= 4 is 12.6 Å². The number of thiol groups is 1. The second-order valence-electron chi connectivity index (χ2n) is 3.89. The average Bonchev–Trinajstić information content (AvgIpc) is 2.18. The zero-order valence-electron chi connectivity index (χ0n) is 9.82. The summed E-state index contributed by atoms with van der Waals surface area (Å²) in [7, 11) is 5.84. The van der Waals surface area contributed by atoms with Crippen LogP contribution in [0.25, 0.3) is 0 Å². The van der Waals surface area contributed by atoms with E-state index in [0.717, 1.165) is 11.5 Å². The van der Waals surface area contributed by atoms with Gasteiger partial charge in [0.15, 0.2) is 0 Å². The zero-order chi connectivity index (χ0) is 11.4. The Balaban J connectivity index is 3.00. The van der Waals surface area contributed by atoms with Gasteiger partial charge < -0.3 is 9.64 Å². The fraction of sp³-hybridized carbons (Fsp3) is 0.500. The molecule has 0 aliphatic heterocycles. The molecular weight excluding hydrogens is 206 g/mol. The molecule has 1 aromatic carbocycles. The number of hydrogen-bond acceptors (Lipinski definition) is 3. The Morgan fingerprint density at radius 3 is 2.47 bits per heavy atom. The van der Waals surface area contributed by atoms with Gasteiger partial charge in [-0.25, -0.2) is 0 Å². The van der Waals surface area contributed by atoms with E-state index >= 15 is 0 Å². The Bertz CT molecular complexity index is 325. The topological polar surface area (TPSA) is 12.5 Å². The SMILES string of the molecule is COc1ccc(C(CS)N(C)C)cc1C. The number of methoxy groups -OCH3 is 1. The van der Waals surface area contributed by atoms with Gasteiger partial charge in [-0.15, -0.1) is 0 Å². The summed E-state index contributed by atoms with van der Waals surface area (Å²) in [5.74, 6) is 1.76. The molecular formula is C12H19NOS. The zero-order valence-corrected chi connectivity index (χ0v) is 10.7. The lowest BCUT2D eigenvalue weighted by Crippen LogP contribution is -2.21. The van der Waals surface area contributed by atoms with Crippen molar-refractivity contribution in [1.82, 2.24) is 4.90 Å². The fourth-order valence-corrected chi connectivity index (χ4v) is 2.21. The van der Waals surface area contributed by atoms with E-state index in [1.807, 2.05) is 6.07 Å². The number of nitrogens with zero attached hydrogens (tertiary/aromatic N) is 1. The summed E-state index contributed by atoms with van der Waals surface area (Å²) in [5, 5.41) is 0. The van der Waals surface area contributed by atoms with Gasteiger partial charge in [-0.2, -0.15) is 12.6 Å². The van der Waals surface area contributed by atoms with Crippen LogP contribution in [0.3, 0.4) is 0 Å². The van der Waals surface area contributed by atoms with E-state index in [0.29, 0.717) is 6.04 Å². The molecule has 3 heteroatoms. The summed E-state index contributed by atoms with van der Waals surface area (Å²) in [5.41, 5.74) is 2.46. The van der Waals surface area contributed by atoms with Crippen molar-refractivity contribution in [3.8, 4) is 5.75 Å². The molecule has 0 fully saturated rings. The maximum atomic E-state index is 5.24. The Labute approximate surface area is 97.6 Å². The highest BCUT2D eigenvalue weighted by Crippen LogP contribution is 2.25. The molecule has 0 bridgehead atoms. The fourth-order valence-electron chi connectivity index (χ4n) is 1.68. The smallest absolute Gasteiger partial charge is 0.121 e. The lowest BCUT2D eigenvalue weighted by atomic mass is 10.0. The van der Waals surface area contributed by atoms with Gasteiger partial charge in [0.2, 0.25) is 0 Å². The molecule has 84 valence electrons. The minimum absolute atomic E-state index is 0.359. The predicted molar refractivity (Wildman–Crippen MR) is 68.0 cm³/mol. The van der Waals surface area contributed by atoms with Crippen molar-refractivity contribution in [2.45, 2.75) is 13.0 Å². The number of benzene rings is 1. The Morgan fingerprint density at radius 2 is 2.07 bits per heavy atom. The van der Waals surface area contributed by atoms with Gasteiger partial charge >= 0.3 is 0 Å². The van der Waals surface area contributed by atoms with Crippen LogP contribution in [0, 0.1) is 6.92 Å². The standard InChI is InChI=1S/C12H19NOS/c1-9-7-10(5-6-12(9)14-4)11(8-15)13(2)3/h5-7,11,15H,8H2,1-4H3. The van der Waals surface area contributed by atoms with Crippen LogP contribution in [-0.2, 0) is 0 Å². The molecule has 0 heterocycles. The van der Waals surface area contributed by atoms with Crippen molar-refractivity contribution in [3.63, 3.8) is 0 Å². The van der Waals surface area contributed by atoms with E-state index in [1.54, 1.807) is 7.11 Å². The van der Waals surface area contributed by atoms with Crippen molar-refractivity contribution in [2.24, 2.45) is 0 Å². The predicted octanol–water partition coefficient (Wildman–Crippen LogP) is 2.54. The normalized spacial score (nSPS) is 12.9. The van der Waals surface area contributed by atoms with Crippen molar-refractivity contribution < 1.29 is 4.74 Å². The molecule has 0 saturated carbocycles. The van der Waals surface area contributed by atoms with Crippen LogP contribution in [0.2, 0.25) is 0 Å². The van der Waals surface area contributed by atoms with Gasteiger partial charge in [-0.3, -0.25) is 0 Å². The maximum Gasteiger partial charge on any atom is 0.121 e. The largest absolute Gasteiger partial charge is 0.496 e. The molecule has 0 aliphatic rings. The van der Waals surface area contributed by atoms with Crippen molar-refractivity contribution in [2.75, 3.05) is 27.0 Å². The molecule has 0 aliphatic carbocycles. The minimum Gasteiger partial charge on any atom is -0.496 e. The molecule has 1 unspecified atom stereocenters. The van der Waals surface area contributed by atoms with Gasteiger partial charge in [-0.1, -0.05) is 12.1 Å². The Morgan fingerprint density at radius 1 is 1.40 bits per heavy atom. The van der Waals surface area contributed by atoms with Crippen LogP contribution in [0.15, 0.2) is 18.2 Å².